The molecule has 2 amide bonds. The molecule has 0 aliphatic carbocycles. The highest BCUT2D eigenvalue weighted by Gasteiger charge is 2.48. The number of aliphatic hydroxyl groups is 4. The van der Waals surface area contributed by atoms with Gasteiger partial charge in [-0.1, -0.05) is 27.2 Å². The molecule has 1 heterocycles. The Kier molecular flexibility index (Phi) is 10.8. The van der Waals surface area contributed by atoms with E-state index in [9.17, 15) is 25.2 Å². The summed E-state index contributed by atoms with van der Waals surface area (Å²) in [5.74, 6) is 0.229. The van der Waals surface area contributed by atoms with Crippen molar-refractivity contribution >= 4 is 17.6 Å². The van der Waals surface area contributed by atoms with Crippen molar-refractivity contribution in [1.82, 2.24) is 10.2 Å². The molecule has 0 aromatic rings. The molecule has 1 unspecified atom stereocenters. The predicted molar refractivity (Wildman–Crippen MR) is 99.2 cm³/mol. The number of carbonyl (C=O) groups is 1. The van der Waals surface area contributed by atoms with E-state index >= 15 is 0 Å². The van der Waals surface area contributed by atoms with Crippen LogP contribution in [0.1, 0.15) is 33.6 Å². The number of hydrogen-bond donors (Lipinski definition) is 5. The van der Waals surface area contributed by atoms with E-state index in [0.717, 1.165) is 17.7 Å². The SMILES string of the molecule is CCCCO[C@H]1O[C@H](C(O)N(CC(C)C)C(=O)NCCCl)[C@@H](O)[C@H](O)[C@H]1O. The lowest BCUT2D eigenvalue weighted by atomic mass is 9.97. The third kappa shape index (κ3) is 7.01. The van der Waals surface area contributed by atoms with Crippen LogP contribution in [0.2, 0.25) is 0 Å². The number of carbonyl (C=O) groups excluding carboxylic acids is 1. The maximum Gasteiger partial charge on any atom is 0.319 e. The van der Waals surface area contributed by atoms with Crippen molar-refractivity contribution in [1.29, 1.82) is 0 Å². The molecule has 0 saturated carbocycles. The summed E-state index contributed by atoms with van der Waals surface area (Å²) in [5.41, 5.74) is 0. The largest absolute Gasteiger partial charge is 0.387 e. The second-order valence-electron chi connectivity index (χ2n) is 7.05. The first-order valence-electron chi connectivity index (χ1n) is 9.34. The summed E-state index contributed by atoms with van der Waals surface area (Å²) < 4.78 is 11.0. The summed E-state index contributed by atoms with van der Waals surface area (Å²) in [6.07, 6.45) is -7.20. The first kappa shape index (κ1) is 24.4. The van der Waals surface area contributed by atoms with Crippen molar-refractivity contribution in [3.63, 3.8) is 0 Å². The normalized spacial score (nSPS) is 29.6. The van der Waals surface area contributed by atoms with Gasteiger partial charge in [-0.05, 0) is 12.3 Å². The molecule has 1 fully saturated rings. The number of amides is 2. The number of alkyl halides is 1. The average molecular weight is 413 g/mol. The lowest BCUT2D eigenvalue weighted by molar-refractivity contribution is -0.318. The third-order valence-electron chi connectivity index (χ3n) is 4.19. The molecule has 1 aliphatic heterocycles. The van der Waals surface area contributed by atoms with Crippen LogP contribution in [-0.2, 0) is 9.47 Å². The molecule has 160 valence electrons. The standard InChI is InChI=1S/C17H33ClN2O7/c1-4-5-8-26-16-13(23)11(21)12(22)14(27-16)15(24)20(9-10(2)3)17(25)19-7-6-18/h10-16,21-24H,4-9H2,1-3H3,(H,19,25)/t11-,12-,13+,14-,15?,16-/m0/s1. The smallest absolute Gasteiger partial charge is 0.319 e. The fraction of sp³-hybridized carbons (Fsp3) is 0.941. The quantitative estimate of drug-likeness (QED) is 0.191. The van der Waals surface area contributed by atoms with Crippen LogP contribution in [0, 0.1) is 5.92 Å². The van der Waals surface area contributed by atoms with Crippen LogP contribution in [0.5, 0.6) is 0 Å². The van der Waals surface area contributed by atoms with Crippen LogP contribution in [0.15, 0.2) is 0 Å². The summed E-state index contributed by atoms with van der Waals surface area (Å²) in [6.45, 7) is 6.37. The molecule has 10 heteroatoms. The molecule has 5 N–H and O–H groups in total. The molecule has 9 nitrogen and oxygen atoms in total. The zero-order valence-corrected chi connectivity index (χ0v) is 16.9. The van der Waals surface area contributed by atoms with Crippen molar-refractivity contribution < 1.29 is 34.7 Å². The number of unbranched alkanes of at least 4 members (excludes halogenated alkanes) is 1. The number of nitrogens with one attached hydrogen (secondary N) is 1. The highest BCUT2D eigenvalue weighted by atomic mass is 35.5. The molecule has 0 radical (unpaired) electrons. The molecule has 1 aliphatic rings. The molecule has 6 atom stereocenters. The Hall–Kier alpha value is -0.680. The van der Waals surface area contributed by atoms with Crippen molar-refractivity contribution in [2.75, 3.05) is 25.6 Å². The highest BCUT2D eigenvalue weighted by Crippen LogP contribution is 2.26. The second kappa shape index (κ2) is 12.0. The van der Waals surface area contributed by atoms with Gasteiger partial charge in [-0.25, -0.2) is 4.79 Å². The van der Waals surface area contributed by atoms with Gasteiger partial charge in [0.1, 0.15) is 24.4 Å². The van der Waals surface area contributed by atoms with Crippen molar-refractivity contribution in [3.05, 3.63) is 0 Å². The summed E-state index contributed by atoms with van der Waals surface area (Å²) in [6, 6.07) is -0.572. The van der Waals surface area contributed by atoms with Gasteiger partial charge < -0.3 is 35.2 Å². The van der Waals surface area contributed by atoms with Crippen molar-refractivity contribution in [2.45, 2.75) is 70.5 Å². The molecule has 27 heavy (non-hydrogen) atoms. The Labute approximate surface area is 165 Å². The van der Waals surface area contributed by atoms with Crippen LogP contribution >= 0.6 is 11.6 Å². The molecule has 0 bridgehead atoms. The van der Waals surface area contributed by atoms with Gasteiger partial charge in [-0.3, -0.25) is 4.90 Å². The van der Waals surface area contributed by atoms with E-state index in [1.54, 1.807) is 0 Å². The van der Waals surface area contributed by atoms with Crippen LogP contribution in [0.3, 0.4) is 0 Å². The van der Waals surface area contributed by atoms with E-state index in [1.807, 2.05) is 20.8 Å². The molecule has 1 rings (SSSR count). The van der Waals surface area contributed by atoms with Crippen molar-refractivity contribution in [3.8, 4) is 0 Å². The average Bonchev–Trinajstić information content (AvgIpc) is 2.63. The molecule has 0 aromatic carbocycles. The first-order chi connectivity index (χ1) is 12.7. The Morgan fingerprint density at radius 2 is 1.93 bits per heavy atom. The molecule has 0 spiro atoms. The molecule has 0 aromatic heterocycles. The number of urea groups is 1. The maximum atomic E-state index is 12.4. The Bertz CT molecular complexity index is 444. The fourth-order valence-electron chi connectivity index (χ4n) is 2.74. The second-order valence-corrected chi connectivity index (χ2v) is 7.42. The number of aliphatic hydroxyl groups excluding tert-OH is 4. The lowest BCUT2D eigenvalue weighted by Gasteiger charge is -2.44. The number of ether oxygens (including phenoxy) is 2. The van der Waals surface area contributed by atoms with Crippen LogP contribution in [0.25, 0.3) is 0 Å². The Morgan fingerprint density at radius 3 is 2.48 bits per heavy atom. The number of nitrogens with zero attached hydrogens (tertiary/aromatic N) is 1. The van der Waals surface area contributed by atoms with Crippen molar-refractivity contribution in [2.24, 2.45) is 5.92 Å². The number of hydrogen-bond acceptors (Lipinski definition) is 7. The van der Waals surface area contributed by atoms with E-state index in [4.69, 9.17) is 21.1 Å². The number of rotatable bonds is 10. The molecule has 1 saturated heterocycles. The van der Waals surface area contributed by atoms with Gasteiger partial charge in [0.05, 0.1) is 0 Å². The first-order valence-corrected chi connectivity index (χ1v) is 9.87. The van der Waals surface area contributed by atoms with Gasteiger partial charge >= 0.3 is 6.03 Å². The van der Waals surface area contributed by atoms with Crippen LogP contribution in [-0.4, -0.2) is 93.9 Å². The minimum absolute atomic E-state index is 0.0225. The van der Waals surface area contributed by atoms with E-state index in [0.29, 0.717) is 0 Å². The Morgan fingerprint density at radius 1 is 1.26 bits per heavy atom. The van der Waals surface area contributed by atoms with E-state index < -0.39 is 43.0 Å². The monoisotopic (exact) mass is 412 g/mol. The maximum absolute atomic E-state index is 12.4. The molecular weight excluding hydrogens is 380 g/mol. The van der Waals surface area contributed by atoms with Crippen LogP contribution < -0.4 is 5.32 Å². The van der Waals surface area contributed by atoms with E-state index in [2.05, 4.69) is 5.32 Å². The molecular formula is C17H33ClN2O7. The van der Waals surface area contributed by atoms with Gasteiger partial charge in [0.25, 0.3) is 0 Å². The zero-order valence-electron chi connectivity index (χ0n) is 16.1. The summed E-state index contributed by atoms with van der Waals surface area (Å²) in [7, 11) is 0. The van der Waals surface area contributed by atoms with E-state index in [1.165, 1.54) is 0 Å². The third-order valence-corrected chi connectivity index (χ3v) is 4.38. The van der Waals surface area contributed by atoms with Gasteiger partial charge in [0, 0.05) is 25.6 Å². The minimum atomic E-state index is -1.60. The minimum Gasteiger partial charge on any atom is -0.387 e. The predicted octanol–water partition coefficient (Wildman–Crippen LogP) is -0.164. The zero-order chi connectivity index (χ0) is 20.6. The number of halogens is 1. The summed E-state index contributed by atoms with van der Waals surface area (Å²) in [5, 5.41) is 43.7. The fourth-order valence-corrected chi connectivity index (χ4v) is 2.83. The van der Waals surface area contributed by atoms with Gasteiger partial charge in [-0.2, -0.15) is 0 Å². The summed E-state index contributed by atoms with van der Waals surface area (Å²) >= 11 is 5.58. The van der Waals surface area contributed by atoms with Gasteiger partial charge in [0.15, 0.2) is 12.5 Å². The van der Waals surface area contributed by atoms with Gasteiger partial charge in [-0.15, -0.1) is 11.6 Å². The lowest BCUT2D eigenvalue weighted by Crippen LogP contribution is -2.65. The van der Waals surface area contributed by atoms with Gasteiger partial charge in [0.2, 0.25) is 0 Å². The summed E-state index contributed by atoms with van der Waals surface area (Å²) in [4.78, 5) is 13.5. The Balaban J connectivity index is 2.92. The van der Waals surface area contributed by atoms with Crippen LogP contribution in [0.4, 0.5) is 4.79 Å². The topological polar surface area (TPSA) is 132 Å². The van der Waals surface area contributed by atoms with E-state index in [-0.39, 0.29) is 31.5 Å². The highest BCUT2D eigenvalue weighted by molar-refractivity contribution is 6.18.